The number of pyridine rings is 1. The zero-order chi connectivity index (χ0) is 12.6. The van der Waals surface area contributed by atoms with Crippen LogP contribution in [-0.2, 0) is 0 Å². The van der Waals surface area contributed by atoms with Crippen molar-refractivity contribution in [2.45, 2.75) is 13.3 Å². The van der Waals surface area contributed by atoms with Crippen molar-refractivity contribution in [1.29, 1.82) is 0 Å². The summed E-state index contributed by atoms with van der Waals surface area (Å²) in [6, 6.07) is 5.37. The van der Waals surface area contributed by atoms with Gasteiger partial charge < -0.3 is 0 Å². The monoisotopic (exact) mass is 238 g/mol. The van der Waals surface area contributed by atoms with Crippen molar-refractivity contribution in [3.63, 3.8) is 0 Å². The first-order chi connectivity index (χ1) is 7.99. The minimum atomic E-state index is -2.64. The second-order valence-electron chi connectivity index (χ2n) is 3.63. The number of halogens is 2. The topological polar surface area (TPSA) is 56.0 Å². The fourth-order valence-electron chi connectivity index (χ4n) is 1.60. The maximum absolute atomic E-state index is 12.4. The Hall–Kier alpha value is -2.11. The van der Waals surface area contributed by atoms with E-state index in [2.05, 4.69) is 4.98 Å². The molecule has 0 saturated carbocycles. The van der Waals surface area contributed by atoms with Gasteiger partial charge in [-0.3, -0.25) is 10.1 Å². The molecule has 1 heterocycles. The number of aryl methyl sites for hydroxylation is 1. The number of nitrogens with zero attached hydrogens (tertiary/aromatic N) is 2. The highest BCUT2D eigenvalue weighted by Crippen LogP contribution is 2.26. The van der Waals surface area contributed by atoms with Gasteiger partial charge in [-0.15, -0.1) is 0 Å². The lowest BCUT2D eigenvalue weighted by Gasteiger charge is -2.03. The summed E-state index contributed by atoms with van der Waals surface area (Å²) in [5, 5.41) is 11.2. The van der Waals surface area contributed by atoms with Crippen molar-refractivity contribution in [2.24, 2.45) is 0 Å². The average Bonchev–Trinajstić information content (AvgIpc) is 2.26. The average molecular weight is 238 g/mol. The quantitative estimate of drug-likeness (QED) is 0.595. The van der Waals surface area contributed by atoms with Crippen LogP contribution in [0.3, 0.4) is 0 Å². The van der Waals surface area contributed by atoms with Gasteiger partial charge in [0.05, 0.1) is 10.4 Å². The van der Waals surface area contributed by atoms with Gasteiger partial charge in [-0.05, 0) is 19.1 Å². The van der Waals surface area contributed by atoms with Gasteiger partial charge in [-0.25, -0.2) is 13.8 Å². The Kier molecular flexibility index (Phi) is 2.71. The van der Waals surface area contributed by atoms with E-state index in [0.29, 0.717) is 16.5 Å². The van der Waals surface area contributed by atoms with E-state index in [1.165, 1.54) is 24.3 Å². The summed E-state index contributed by atoms with van der Waals surface area (Å²) in [4.78, 5) is 14.0. The van der Waals surface area contributed by atoms with Crippen LogP contribution < -0.4 is 0 Å². The van der Waals surface area contributed by atoms with E-state index >= 15 is 0 Å². The van der Waals surface area contributed by atoms with E-state index in [0.717, 1.165) is 0 Å². The zero-order valence-electron chi connectivity index (χ0n) is 8.85. The molecule has 0 aliphatic heterocycles. The number of benzene rings is 1. The highest BCUT2D eigenvalue weighted by Gasteiger charge is 2.14. The fraction of sp³-hybridized carbons (Fsp3) is 0.182. The minimum Gasteiger partial charge on any atom is -0.258 e. The lowest BCUT2D eigenvalue weighted by Crippen LogP contribution is -1.94. The molecule has 4 nitrogen and oxygen atoms in total. The molecule has 6 heteroatoms. The lowest BCUT2D eigenvalue weighted by molar-refractivity contribution is -0.385. The van der Waals surface area contributed by atoms with Gasteiger partial charge >= 0.3 is 0 Å². The molecule has 0 fully saturated rings. The molecule has 1 aromatic carbocycles. The molecule has 0 N–H and O–H groups in total. The van der Waals surface area contributed by atoms with Crippen LogP contribution in [0.25, 0.3) is 10.9 Å². The van der Waals surface area contributed by atoms with E-state index in [4.69, 9.17) is 0 Å². The number of nitro groups is 1. The van der Waals surface area contributed by atoms with Crippen LogP contribution in [-0.4, -0.2) is 9.91 Å². The van der Waals surface area contributed by atoms with Gasteiger partial charge in [0.1, 0.15) is 5.69 Å². The van der Waals surface area contributed by atoms with Crippen molar-refractivity contribution >= 4 is 16.6 Å². The Morgan fingerprint density at radius 2 is 2.06 bits per heavy atom. The van der Waals surface area contributed by atoms with Crippen LogP contribution in [0.1, 0.15) is 17.7 Å². The second-order valence-corrected chi connectivity index (χ2v) is 3.63. The minimum absolute atomic E-state index is 0.0379. The molecular weight excluding hydrogens is 230 g/mol. The summed E-state index contributed by atoms with van der Waals surface area (Å²) in [6.07, 6.45) is -2.64. The molecule has 0 atom stereocenters. The molecule has 2 aromatic rings. The van der Waals surface area contributed by atoms with Crippen LogP contribution in [0.15, 0.2) is 24.3 Å². The molecule has 1 aromatic heterocycles. The third-order valence-corrected chi connectivity index (χ3v) is 2.45. The molecule has 0 aliphatic carbocycles. The largest absolute Gasteiger partial charge is 0.280 e. The number of hydrogen-bond donors (Lipinski definition) is 0. The maximum atomic E-state index is 12.4. The van der Waals surface area contributed by atoms with E-state index in [1.807, 2.05) is 0 Å². The molecule has 88 valence electrons. The van der Waals surface area contributed by atoms with Gasteiger partial charge in [0.2, 0.25) is 0 Å². The Bertz CT molecular complexity index is 599. The molecular formula is C11H8F2N2O2. The van der Waals surface area contributed by atoms with Crippen LogP contribution in [0.5, 0.6) is 0 Å². The number of alkyl halides is 2. The number of aromatic nitrogens is 1. The van der Waals surface area contributed by atoms with Crippen LogP contribution >= 0.6 is 0 Å². The van der Waals surface area contributed by atoms with Crippen molar-refractivity contribution < 1.29 is 13.7 Å². The van der Waals surface area contributed by atoms with Gasteiger partial charge in [0.15, 0.2) is 0 Å². The fourth-order valence-corrected chi connectivity index (χ4v) is 1.60. The molecule has 17 heavy (non-hydrogen) atoms. The Morgan fingerprint density at radius 3 is 2.65 bits per heavy atom. The zero-order valence-corrected chi connectivity index (χ0v) is 8.85. The molecule has 0 bridgehead atoms. The molecule has 0 radical (unpaired) electrons. The van der Waals surface area contributed by atoms with E-state index in [9.17, 15) is 18.9 Å². The van der Waals surface area contributed by atoms with Gasteiger partial charge in [-0.2, -0.15) is 0 Å². The Morgan fingerprint density at radius 1 is 1.35 bits per heavy atom. The number of hydrogen-bond acceptors (Lipinski definition) is 3. The highest BCUT2D eigenvalue weighted by molar-refractivity contribution is 5.82. The summed E-state index contributed by atoms with van der Waals surface area (Å²) >= 11 is 0. The third-order valence-electron chi connectivity index (χ3n) is 2.45. The first-order valence-electron chi connectivity index (χ1n) is 4.83. The molecule has 0 unspecified atom stereocenters. The number of nitro benzene ring substituents is 1. The molecule has 0 saturated heterocycles. The molecule has 2 rings (SSSR count). The van der Waals surface area contributed by atoms with Crippen LogP contribution in [0.2, 0.25) is 0 Å². The van der Waals surface area contributed by atoms with Crippen molar-refractivity contribution in [2.75, 3.05) is 0 Å². The Balaban J connectivity index is 2.66. The summed E-state index contributed by atoms with van der Waals surface area (Å²) in [5.41, 5.74) is 0.377. The van der Waals surface area contributed by atoms with Gasteiger partial charge in [-0.1, -0.05) is 6.07 Å². The predicted molar refractivity (Wildman–Crippen MR) is 58.1 cm³/mol. The summed E-state index contributed by atoms with van der Waals surface area (Å²) < 4.78 is 24.9. The van der Waals surface area contributed by atoms with Crippen molar-refractivity contribution in [1.82, 2.24) is 4.98 Å². The predicted octanol–water partition coefficient (Wildman–Crippen LogP) is 3.39. The van der Waals surface area contributed by atoms with Gasteiger partial charge in [0.25, 0.3) is 12.1 Å². The number of rotatable bonds is 2. The first-order valence-corrected chi connectivity index (χ1v) is 4.83. The highest BCUT2D eigenvalue weighted by atomic mass is 19.3. The molecule has 0 spiro atoms. The van der Waals surface area contributed by atoms with Gasteiger partial charge in [0, 0.05) is 17.0 Å². The SMILES string of the molecule is Cc1cc2nc(C(F)F)ccc2cc1[N+](=O)[O-]. The Labute approximate surface area is 95.0 Å². The van der Waals surface area contributed by atoms with Crippen LogP contribution in [0.4, 0.5) is 14.5 Å². The van der Waals surface area contributed by atoms with E-state index in [1.54, 1.807) is 6.92 Å². The smallest absolute Gasteiger partial charge is 0.258 e. The summed E-state index contributed by atoms with van der Waals surface area (Å²) in [5.74, 6) is 0. The van der Waals surface area contributed by atoms with Crippen molar-refractivity contribution in [3.05, 3.63) is 45.6 Å². The standard InChI is InChI=1S/C11H8F2N2O2/c1-6-4-9-7(5-10(6)15(16)17)2-3-8(14-9)11(12)13/h2-5,11H,1H3. The molecule has 0 amide bonds. The van der Waals surface area contributed by atoms with E-state index in [-0.39, 0.29) is 11.4 Å². The third kappa shape index (κ3) is 2.06. The van der Waals surface area contributed by atoms with Crippen LogP contribution in [0, 0.1) is 17.0 Å². The lowest BCUT2D eigenvalue weighted by atomic mass is 10.1. The first kappa shape index (κ1) is 11.4. The number of fused-ring (bicyclic) bond motifs is 1. The normalized spacial score (nSPS) is 11.1. The summed E-state index contributed by atoms with van der Waals surface area (Å²) in [7, 11) is 0. The van der Waals surface area contributed by atoms with Crippen molar-refractivity contribution in [3.8, 4) is 0 Å². The molecule has 0 aliphatic rings. The summed E-state index contributed by atoms with van der Waals surface area (Å²) in [6.45, 7) is 1.55. The second kappa shape index (κ2) is 4.04. The maximum Gasteiger partial charge on any atom is 0.280 e. The van der Waals surface area contributed by atoms with E-state index < -0.39 is 11.3 Å².